The molecule has 0 spiro atoms. The molecule has 2 rings (SSSR count). The Labute approximate surface area is 152 Å². The van der Waals surface area contributed by atoms with E-state index in [4.69, 9.17) is 5.11 Å². The normalized spacial score (nSPS) is 12.0. The number of aliphatic carboxylic acids is 1. The summed E-state index contributed by atoms with van der Waals surface area (Å²) in [4.78, 5) is 25.1. The Morgan fingerprint density at radius 1 is 1.19 bits per heavy atom. The summed E-state index contributed by atoms with van der Waals surface area (Å²) in [5, 5.41) is 11.6. The zero-order chi connectivity index (χ0) is 19.1. The van der Waals surface area contributed by atoms with Crippen LogP contribution in [0.2, 0.25) is 0 Å². The molecule has 6 heteroatoms. The molecule has 1 amide bonds. The Morgan fingerprint density at radius 3 is 2.50 bits per heavy atom. The number of aryl methyl sites for hydroxylation is 1. The molecule has 0 aliphatic rings. The fourth-order valence-electron chi connectivity index (χ4n) is 2.65. The molecule has 138 valence electrons. The van der Waals surface area contributed by atoms with Gasteiger partial charge in [0.05, 0.1) is 13.0 Å². The molecule has 0 aromatic heterocycles. The van der Waals surface area contributed by atoms with Crippen molar-refractivity contribution in [1.82, 2.24) is 4.90 Å². The highest BCUT2D eigenvalue weighted by atomic mass is 19.1. The van der Waals surface area contributed by atoms with Gasteiger partial charge in [0.25, 0.3) is 0 Å². The number of rotatable bonds is 8. The van der Waals surface area contributed by atoms with Gasteiger partial charge in [-0.25, -0.2) is 4.39 Å². The Hall–Kier alpha value is -2.73. The standard InChI is InChI=1S/C20H23FN2O3/c1-14-8-9-17(12-18(14)21)22-19(24)13-23(11-10-20(25)26)15(2)16-6-4-3-5-7-16/h3-9,12,15H,10-11,13H2,1-2H3,(H,22,24)(H,25,26). The van der Waals surface area contributed by atoms with Crippen molar-refractivity contribution in [2.75, 3.05) is 18.4 Å². The molecule has 1 unspecified atom stereocenters. The molecule has 1 atom stereocenters. The SMILES string of the molecule is Cc1ccc(NC(=O)CN(CCC(=O)O)C(C)c2ccccc2)cc1F. The molecule has 0 fully saturated rings. The van der Waals surface area contributed by atoms with Crippen molar-refractivity contribution in [3.05, 3.63) is 65.5 Å². The second-order valence-electron chi connectivity index (χ2n) is 6.21. The summed E-state index contributed by atoms with van der Waals surface area (Å²) in [6.45, 7) is 3.83. The minimum atomic E-state index is -0.920. The smallest absolute Gasteiger partial charge is 0.304 e. The lowest BCUT2D eigenvalue weighted by Crippen LogP contribution is -2.36. The first-order valence-electron chi connectivity index (χ1n) is 8.43. The number of hydrogen-bond donors (Lipinski definition) is 2. The third-order valence-electron chi connectivity index (χ3n) is 4.24. The number of hydrogen-bond acceptors (Lipinski definition) is 3. The summed E-state index contributed by atoms with van der Waals surface area (Å²) in [6.07, 6.45) is -0.0659. The van der Waals surface area contributed by atoms with Crippen molar-refractivity contribution in [2.24, 2.45) is 0 Å². The van der Waals surface area contributed by atoms with Gasteiger partial charge in [-0.1, -0.05) is 36.4 Å². The minimum absolute atomic E-state index is 0.0127. The number of carboxylic acid groups (broad SMARTS) is 1. The second kappa shape index (κ2) is 9.10. The van der Waals surface area contributed by atoms with Crippen molar-refractivity contribution in [3.8, 4) is 0 Å². The zero-order valence-electron chi connectivity index (χ0n) is 14.9. The summed E-state index contributed by atoms with van der Waals surface area (Å²) >= 11 is 0. The van der Waals surface area contributed by atoms with Gasteiger partial charge in [-0.2, -0.15) is 0 Å². The van der Waals surface area contributed by atoms with Crippen LogP contribution in [0.5, 0.6) is 0 Å². The summed E-state index contributed by atoms with van der Waals surface area (Å²) in [6, 6.07) is 13.9. The van der Waals surface area contributed by atoms with E-state index in [2.05, 4.69) is 5.32 Å². The molecule has 2 aromatic rings. The average molecular weight is 358 g/mol. The highest BCUT2D eigenvalue weighted by Crippen LogP contribution is 2.20. The van der Waals surface area contributed by atoms with E-state index < -0.39 is 5.97 Å². The Balaban J connectivity index is 2.08. The van der Waals surface area contributed by atoms with Gasteiger partial charge in [-0.3, -0.25) is 14.5 Å². The van der Waals surface area contributed by atoms with Gasteiger partial charge in [-0.05, 0) is 37.1 Å². The van der Waals surface area contributed by atoms with Crippen molar-refractivity contribution in [2.45, 2.75) is 26.3 Å². The average Bonchev–Trinajstić information content (AvgIpc) is 2.61. The Bertz CT molecular complexity index is 765. The summed E-state index contributed by atoms with van der Waals surface area (Å²) in [5.74, 6) is -1.62. The molecule has 2 N–H and O–H groups in total. The number of anilines is 1. The lowest BCUT2D eigenvalue weighted by Gasteiger charge is -2.28. The van der Waals surface area contributed by atoms with Crippen LogP contribution in [-0.4, -0.2) is 35.0 Å². The highest BCUT2D eigenvalue weighted by Gasteiger charge is 2.20. The number of nitrogens with zero attached hydrogens (tertiary/aromatic N) is 1. The summed E-state index contributed by atoms with van der Waals surface area (Å²) in [7, 11) is 0. The molecule has 0 saturated heterocycles. The Morgan fingerprint density at radius 2 is 1.88 bits per heavy atom. The number of halogens is 1. The van der Waals surface area contributed by atoms with E-state index in [0.717, 1.165) is 5.56 Å². The van der Waals surface area contributed by atoms with Crippen molar-refractivity contribution < 1.29 is 19.1 Å². The van der Waals surface area contributed by atoms with Crippen LogP contribution in [0.1, 0.15) is 30.5 Å². The predicted molar refractivity (Wildman–Crippen MR) is 98.4 cm³/mol. The van der Waals surface area contributed by atoms with E-state index in [0.29, 0.717) is 11.3 Å². The van der Waals surface area contributed by atoms with Gasteiger partial charge in [0.1, 0.15) is 5.82 Å². The van der Waals surface area contributed by atoms with Crippen LogP contribution in [0, 0.1) is 12.7 Å². The monoisotopic (exact) mass is 358 g/mol. The molecule has 0 radical (unpaired) electrons. The summed E-state index contributed by atoms with van der Waals surface area (Å²) < 4.78 is 13.6. The number of amides is 1. The quantitative estimate of drug-likeness (QED) is 0.756. The molecular formula is C20H23FN2O3. The van der Waals surface area contributed by atoms with Crippen LogP contribution in [0.3, 0.4) is 0 Å². The zero-order valence-corrected chi connectivity index (χ0v) is 14.9. The van der Waals surface area contributed by atoms with E-state index >= 15 is 0 Å². The topological polar surface area (TPSA) is 69.6 Å². The fraction of sp³-hybridized carbons (Fsp3) is 0.300. The van der Waals surface area contributed by atoms with Crippen LogP contribution in [0.25, 0.3) is 0 Å². The van der Waals surface area contributed by atoms with Gasteiger partial charge in [-0.15, -0.1) is 0 Å². The number of carboxylic acids is 1. The van der Waals surface area contributed by atoms with Gasteiger partial charge in [0.2, 0.25) is 5.91 Å². The summed E-state index contributed by atoms with van der Waals surface area (Å²) in [5.41, 5.74) is 1.87. The first-order chi connectivity index (χ1) is 12.4. The maximum atomic E-state index is 13.6. The first kappa shape index (κ1) is 19.6. The molecule has 26 heavy (non-hydrogen) atoms. The largest absolute Gasteiger partial charge is 0.481 e. The molecule has 2 aromatic carbocycles. The molecule has 0 aliphatic heterocycles. The van der Waals surface area contributed by atoms with Crippen LogP contribution >= 0.6 is 0 Å². The van der Waals surface area contributed by atoms with E-state index in [1.807, 2.05) is 37.3 Å². The number of carbonyl (C=O) groups is 2. The predicted octanol–water partition coefficient (Wildman–Crippen LogP) is 3.61. The highest BCUT2D eigenvalue weighted by molar-refractivity contribution is 5.92. The molecule has 0 heterocycles. The molecule has 5 nitrogen and oxygen atoms in total. The fourth-order valence-corrected chi connectivity index (χ4v) is 2.65. The van der Waals surface area contributed by atoms with E-state index in [1.165, 1.54) is 6.07 Å². The van der Waals surface area contributed by atoms with Gasteiger partial charge in [0, 0.05) is 18.3 Å². The molecule has 0 bridgehead atoms. The molecule has 0 aliphatic carbocycles. The van der Waals surface area contributed by atoms with Crippen molar-refractivity contribution in [3.63, 3.8) is 0 Å². The van der Waals surface area contributed by atoms with Crippen LogP contribution in [0.15, 0.2) is 48.5 Å². The second-order valence-corrected chi connectivity index (χ2v) is 6.21. The lowest BCUT2D eigenvalue weighted by atomic mass is 10.1. The van der Waals surface area contributed by atoms with Gasteiger partial charge >= 0.3 is 5.97 Å². The molecular weight excluding hydrogens is 335 g/mol. The third kappa shape index (κ3) is 5.67. The van der Waals surface area contributed by atoms with Crippen molar-refractivity contribution in [1.29, 1.82) is 0 Å². The van der Waals surface area contributed by atoms with Crippen LogP contribution in [-0.2, 0) is 9.59 Å². The number of nitrogens with one attached hydrogen (secondary N) is 1. The van der Waals surface area contributed by atoms with E-state index in [1.54, 1.807) is 24.0 Å². The number of benzene rings is 2. The Kier molecular flexibility index (Phi) is 6.86. The third-order valence-corrected chi connectivity index (χ3v) is 4.24. The minimum Gasteiger partial charge on any atom is -0.481 e. The van der Waals surface area contributed by atoms with Crippen molar-refractivity contribution >= 4 is 17.6 Å². The molecule has 0 saturated carbocycles. The van der Waals surface area contributed by atoms with E-state index in [9.17, 15) is 14.0 Å². The maximum absolute atomic E-state index is 13.6. The first-order valence-corrected chi connectivity index (χ1v) is 8.43. The van der Waals surface area contributed by atoms with E-state index in [-0.39, 0.29) is 37.3 Å². The van der Waals surface area contributed by atoms with Crippen LogP contribution < -0.4 is 5.32 Å². The van der Waals surface area contributed by atoms with Gasteiger partial charge < -0.3 is 10.4 Å². The number of carbonyl (C=O) groups excluding carboxylic acids is 1. The van der Waals surface area contributed by atoms with Gasteiger partial charge in [0.15, 0.2) is 0 Å². The van der Waals surface area contributed by atoms with Crippen LogP contribution in [0.4, 0.5) is 10.1 Å². The maximum Gasteiger partial charge on any atom is 0.304 e. The lowest BCUT2D eigenvalue weighted by molar-refractivity contribution is -0.137.